The van der Waals surface area contributed by atoms with Crippen LogP contribution < -0.4 is 11.1 Å². The average molecular weight is 314 g/mol. The molecule has 1 atom stereocenters. The van der Waals surface area contributed by atoms with Gasteiger partial charge in [-0.05, 0) is 27.7 Å². The molecular weight excluding hydrogens is 292 g/mol. The molecule has 1 amide bonds. The number of carbonyl (C=O) groups excluding carboxylic acids is 1. The van der Waals surface area contributed by atoms with E-state index in [1.54, 1.807) is 18.5 Å². The standard InChI is InChI=1S/C13H22N4O3S/c1-7-10(8(2)17(5)16-7)15-9(18)6-21-13(3,4)11(14)12(19)20/h11H,6,14H2,1-5H3,(H,15,18)(H,19,20)/t11-/m0/s1. The van der Waals surface area contributed by atoms with Crippen LogP contribution in [0.25, 0.3) is 0 Å². The maximum absolute atomic E-state index is 12.0. The largest absolute Gasteiger partial charge is 0.480 e. The van der Waals surface area contributed by atoms with Crippen molar-refractivity contribution >= 4 is 29.3 Å². The molecule has 4 N–H and O–H groups in total. The molecule has 7 nitrogen and oxygen atoms in total. The summed E-state index contributed by atoms with van der Waals surface area (Å²) < 4.78 is 0.963. The fourth-order valence-electron chi connectivity index (χ4n) is 1.77. The maximum atomic E-state index is 12.0. The van der Waals surface area contributed by atoms with E-state index in [4.69, 9.17) is 10.8 Å². The van der Waals surface area contributed by atoms with Crippen molar-refractivity contribution in [2.45, 2.75) is 38.5 Å². The lowest BCUT2D eigenvalue weighted by Gasteiger charge is -2.27. The number of nitrogens with two attached hydrogens (primary N) is 1. The zero-order chi connectivity index (χ0) is 16.4. The summed E-state index contributed by atoms with van der Waals surface area (Å²) in [6, 6.07) is -1.03. The molecule has 1 aromatic rings. The Hall–Kier alpha value is -1.54. The number of carboxylic acids is 1. The van der Waals surface area contributed by atoms with Crippen molar-refractivity contribution in [3.63, 3.8) is 0 Å². The van der Waals surface area contributed by atoms with Crippen molar-refractivity contribution in [3.8, 4) is 0 Å². The van der Waals surface area contributed by atoms with Gasteiger partial charge in [-0.2, -0.15) is 5.10 Å². The fourth-order valence-corrected chi connectivity index (χ4v) is 2.62. The number of aliphatic carboxylic acids is 1. The first-order valence-corrected chi connectivity index (χ1v) is 7.47. The van der Waals surface area contributed by atoms with E-state index in [9.17, 15) is 9.59 Å². The number of anilines is 1. The second-order valence-electron chi connectivity index (χ2n) is 5.43. The Balaban J connectivity index is 2.65. The van der Waals surface area contributed by atoms with Crippen LogP contribution in [0.5, 0.6) is 0 Å². The smallest absolute Gasteiger partial charge is 0.321 e. The number of hydrogen-bond acceptors (Lipinski definition) is 5. The predicted octanol–water partition coefficient (Wildman–Crippen LogP) is 0.899. The SMILES string of the molecule is Cc1nn(C)c(C)c1NC(=O)CSC(C)(C)[C@@H](N)C(=O)O. The van der Waals surface area contributed by atoms with E-state index < -0.39 is 16.8 Å². The molecule has 118 valence electrons. The first kappa shape index (κ1) is 17.5. The van der Waals surface area contributed by atoms with E-state index in [0.717, 1.165) is 11.4 Å². The number of hydrogen-bond donors (Lipinski definition) is 3. The molecule has 0 saturated heterocycles. The minimum atomic E-state index is -1.08. The van der Waals surface area contributed by atoms with Crippen LogP contribution in [0.4, 0.5) is 5.69 Å². The minimum Gasteiger partial charge on any atom is -0.480 e. The van der Waals surface area contributed by atoms with Crippen LogP contribution in [0.15, 0.2) is 0 Å². The molecule has 0 saturated carbocycles. The van der Waals surface area contributed by atoms with Gasteiger partial charge in [-0.1, -0.05) is 0 Å². The van der Waals surface area contributed by atoms with Gasteiger partial charge in [0.25, 0.3) is 0 Å². The van der Waals surface area contributed by atoms with Crippen LogP contribution in [0.3, 0.4) is 0 Å². The molecule has 1 rings (SSSR count). The summed E-state index contributed by atoms with van der Waals surface area (Å²) in [5.74, 6) is -1.15. The van der Waals surface area contributed by atoms with Gasteiger partial charge in [0.1, 0.15) is 6.04 Å². The summed E-state index contributed by atoms with van der Waals surface area (Å²) in [7, 11) is 1.81. The Morgan fingerprint density at radius 1 is 1.48 bits per heavy atom. The monoisotopic (exact) mass is 314 g/mol. The van der Waals surface area contributed by atoms with Crippen LogP contribution in [-0.4, -0.2) is 43.3 Å². The van der Waals surface area contributed by atoms with E-state index in [-0.39, 0.29) is 11.7 Å². The summed E-state index contributed by atoms with van der Waals surface area (Å²) in [6.45, 7) is 7.11. The first-order chi connectivity index (χ1) is 9.56. The Morgan fingerprint density at radius 2 is 2.05 bits per heavy atom. The normalized spacial score (nSPS) is 13.0. The number of aromatic nitrogens is 2. The summed E-state index contributed by atoms with van der Waals surface area (Å²) in [6.07, 6.45) is 0. The third-order valence-electron chi connectivity index (χ3n) is 3.36. The Labute approximate surface area is 128 Å². The lowest BCUT2D eigenvalue weighted by Crippen LogP contribution is -2.47. The van der Waals surface area contributed by atoms with Crippen molar-refractivity contribution in [2.75, 3.05) is 11.1 Å². The zero-order valence-corrected chi connectivity index (χ0v) is 13.7. The predicted molar refractivity (Wildman–Crippen MR) is 83.5 cm³/mol. The maximum Gasteiger partial charge on any atom is 0.321 e. The van der Waals surface area contributed by atoms with Gasteiger partial charge in [-0.3, -0.25) is 14.3 Å². The highest BCUT2D eigenvalue weighted by Crippen LogP contribution is 2.28. The molecule has 0 aliphatic carbocycles. The van der Waals surface area contributed by atoms with E-state index in [1.807, 2.05) is 20.9 Å². The minimum absolute atomic E-state index is 0.127. The van der Waals surface area contributed by atoms with Gasteiger partial charge < -0.3 is 16.2 Å². The van der Waals surface area contributed by atoms with E-state index in [0.29, 0.717) is 5.69 Å². The Morgan fingerprint density at radius 3 is 2.48 bits per heavy atom. The number of amides is 1. The molecule has 0 aliphatic heterocycles. The van der Waals surface area contributed by atoms with Crippen LogP contribution >= 0.6 is 11.8 Å². The van der Waals surface area contributed by atoms with Crippen LogP contribution in [0, 0.1) is 13.8 Å². The number of rotatable bonds is 6. The van der Waals surface area contributed by atoms with E-state index in [1.165, 1.54) is 11.8 Å². The number of carbonyl (C=O) groups is 2. The summed E-state index contributed by atoms with van der Waals surface area (Å²) in [4.78, 5) is 22.9. The number of aryl methyl sites for hydroxylation is 2. The molecule has 0 unspecified atom stereocenters. The van der Waals surface area contributed by atoms with Crippen molar-refractivity contribution in [2.24, 2.45) is 12.8 Å². The molecule has 0 fully saturated rings. The highest BCUT2D eigenvalue weighted by atomic mass is 32.2. The third kappa shape index (κ3) is 4.21. The van der Waals surface area contributed by atoms with Gasteiger partial charge in [0.2, 0.25) is 5.91 Å². The van der Waals surface area contributed by atoms with Gasteiger partial charge >= 0.3 is 5.97 Å². The van der Waals surface area contributed by atoms with Gasteiger partial charge in [-0.25, -0.2) is 0 Å². The molecule has 0 spiro atoms. The first-order valence-electron chi connectivity index (χ1n) is 6.48. The topological polar surface area (TPSA) is 110 Å². The van der Waals surface area contributed by atoms with Gasteiger partial charge in [0.15, 0.2) is 0 Å². The highest BCUT2D eigenvalue weighted by Gasteiger charge is 2.33. The highest BCUT2D eigenvalue weighted by molar-refractivity contribution is 8.01. The van der Waals surface area contributed by atoms with Crippen LogP contribution in [0.2, 0.25) is 0 Å². The number of nitrogens with one attached hydrogen (secondary N) is 1. The van der Waals surface area contributed by atoms with Gasteiger partial charge in [-0.15, -0.1) is 11.8 Å². The summed E-state index contributed by atoms with van der Waals surface area (Å²) in [5, 5.41) is 16.0. The second kappa shape index (κ2) is 6.48. The van der Waals surface area contributed by atoms with Crippen LogP contribution in [-0.2, 0) is 16.6 Å². The molecule has 0 radical (unpaired) electrons. The summed E-state index contributed by atoms with van der Waals surface area (Å²) in [5.41, 5.74) is 7.93. The quantitative estimate of drug-likeness (QED) is 0.719. The number of nitrogens with zero attached hydrogens (tertiary/aromatic N) is 2. The van der Waals surface area contributed by atoms with Crippen molar-refractivity contribution in [1.82, 2.24) is 9.78 Å². The molecule has 8 heteroatoms. The molecule has 1 aromatic heterocycles. The molecule has 0 aromatic carbocycles. The molecule has 1 heterocycles. The molecule has 21 heavy (non-hydrogen) atoms. The molecule has 0 aliphatic rings. The number of carboxylic acid groups (broad SMARTS) is 1. The van der Waals surface area contributed by atoms with E-state index in [2.05, 4.69) is 10.4 Å². The molecule has 0 bridgehead atoms. The lowest BCUT2D eigenvalue weighted by molar-refractivity contribution is -0.139. The lowest BCUT2D eigenvalue weighted by atomic mass is 10.1. The van der Waals surface area contributed by atoms with Crippen LogP contribution in [0.1, 0.15) is 25.2 Å². The van der Waals surface area contributed by atoms with Gasteiger partial charge in [0.05, 0.1) is 22.8 Å². The van der Waals surface area contributed by atoms with Crippen molar-refractivity contribution in [1.29, 1.82) is 0 Å². The van der Waals surface area contributed by atoms with Crippen molar-refractivity contribution in [3.05, 3.63) is 11.4 Å². The summed E-state index contributed by atoms with van der Waals surface area (Å²) >= 11 is 1.22. The third-order valence-corrected chi connectivity index (χ3v) is 4.77. The van der Waals surface area contributed by atoms with E-state index >= 15 is 0 Å². The van der Waals surface area contributed by atoms with Crippen molar-refractivity contribution < 1.29 is 14.7 Å². The molecular formula is C13H22N4O3S. The van der Waals surface area contributed by atoms with Gasteiger partial charge in [0, 0.05) is 11.8 Å². The Kier molecular flexibility index (Phi) is 5.41. The Bertz CT molecular complexity index is 554. The average Bonchev–Trinajstić information content (AvgIpc) is 2.62. The fraction of sp³-hybridized carbons (Fsp3) is 0.615. The zero-order valence-electron chi connectivity index (χ0n) is 12.9. The second-order valence-corrected chi connectivity index (χ2v) is 7.06. The number of thioether (sulfide) groups is 1.